The van der Waals surface area contributed by atoms with Gasteiger partial charge in [-0.2, -0.15) is 5.26 Å². The van der Waals surface area contributed by atoms with Crippen LogP contribution in [0.1, 0.15) is 37.3 Å². The van der Waals surface area contributed by atoms with Gasteiger partial charge in [0.05, 0.1) is 11.3 Å². The lowest BCUT2D eigenvalue weighted by atomic mass is 10.1. The molecule has 1 atom stereocenters. The number of nitrogens with zero attached hydrogens (tertiary/aromatic N) is 2. The lowest BCUT2D eigenvalue weighted by Gasteiger charge is -2.20. The van der Waals surface area contributed by atoms with Crippen molar-refractivity contribution < 1.29 is 5.11 Å². The van der Waals surface area contributed by atoms with Crippen molar-refractivity contribution in [2.24, 2.45) is 5.92 Å². The van der Waals surface area contributed by atoms with Gasteiger partial charge in [0.15, 0.2) is 0 Å². The van der Waals surface area contributed by atoms with Gasteiger partial charge >= 0.3 is 0 Å². The quantitative estimate of drug-likeness (QED) is 0.755. The van der Waals surface area contributed by atoms with Crippen LogP contribution in [0, 0.1) is 17.2 Å². The lowest BCUT2D eigenvalue weighted by molar-refractivity contribution is 0.263. The average Bonchev–Trinajstić information content (AvgIpc) is 2.96. The number of benzene rings is 1. The molecule has 2 rings (SSSR count). The molecule has 0 bridgehead atoms. The zero-order valence-corrected chi connectivity index (χ0v) is 12.8. The van der Waals surface area contributed by atoms with Crippen molar-refractivity contribution in [2.75, 3.05) is 31.1 Å². The first-order chi connectivity index (χ1) is 10.3. The monoisotopic (exact) mass is 287 g/mol. The molecule has 1 aliphatic rings. The zero-order valence-electron chi connectivity index (χ0n) is 12.8. The Hall–Kier alpha value is -1.57. The first-order valence-electron chi connectivity index (χ1n) is 7.88. The molecule has 0 amide bonds. The van der Waals surface area contributed by atoms with Crippen LogP contribution in [-0.2, 0) is 6.54 Å². The lowest BCUT2D eigenvalue weighted by Crippen LogP contribution is -2.21. The normalized spacial score (nSPS) is 18.0. The summed E-state index contributed by atoms with van der Waals surface area (Å²) < 4.78 is 0. The highest BCUT2D eigenvalue weighted by molar-refractivity contribution is 5.61. The number of anilines is 1. The second kappa shape index (κ2) is 8.02. The molecule has 0 aliphatic carbocycles. The SMILES string of the molecule is CCCNCc1ccc(N2CCC(CCO)C2)c(C#N)c1. The molecule has 1 heterocycles. The highest BCUT2D eigenvalue weighted by Gasteiger charge is 2.23. The van der Waals surface area contributed by atoms with Crippen molar-refractivity contribution in [3.63, 3.8) is 0 Å². The summed E-state index contributed by atoms with van der Waals surface area (Å²) in [6.07, 6.45) is 3.08. The Kier molecular flexibility index (Phi) is 6.04. The van der Waals surface area contributed by atoms with Gasteiger partial charge in [0.2, 0.25) is 0 Å². The Morgan fingerprint density at radius 2 is 2.33 bits per heavy atom. The van der Waals surface area contributed by atoms with Crippen molar-refractivity contribution >= 4 is 5.69 Å². The van der Waals surface area contributed by atoms with Gasteiger partial charge in [-0.25, -0.2) is 0 Å². The van der Waals surface area contributed by atoms with E-state index in [1.54, 1.807) is 0 Å². The molecule has 0 radical (unpaired) electrons. The molecule has 1 unspecified atom stereocenters. The Balaban J connectivity index is 2.05. The van der Waals surface area contributed by atoms with Crippen LogP contribution >= 0.6 is 0 Å². The standard InChI is InChI=1S/C17H25N3O/c1-2-7-19-12-15-3-4-17(16(10-15)11-18)20-8-5-14(13-20)6-9-21/h3-4,10,14,19,21H,2,5-9,12-13H2,1H3. The van der Waals surface area contributed by atoms with Crippen molar-refractivity contribution in [3.8, 4) is 6.07 Å². The maximum absolute atomic E-state index is 9.41. The van der Waals surface area contributed by atoms with Crippen LogP contribution in [0.2, 0.25) is 0 Å². The second-order valence-corrected chi connectivity index (χ2v) is 5.75. The molecule has 1 aliphatic heterocycles. The number of aliphatic hydroxyl groups excluding tert-OH is 1. The van der Waals surface area contributed by atoms with Crippen LogP contribution in [-0.4, -0.2) is 31.3 Å². The highest BCUT2D eigenvalue weighted by Crippen LogP contribution is 2.28. The van der Waals surface area contributed by atoms with E-state index in [2.05, 4.69) is 35.3 Å². The van der Waals surface area contributed by atoms with Crippen molar-refractivity contribution in [1.82, 2.24) is 5.32 Å². The van der Waals surface area contributed by atoms with Gasteiger partial charge in [-0.15, -0.1) is 0 Å². The average molecular weight is 287 g/mol. The van der Waals surface area contributed by atoms with Crippen molar-refractivity contribution in [2.45, 2.75) is 32.7 Å². The van der Waals surface area contributed by atoms with E-state index in [1.165, 1.54) is 0 Å². The van der Waals surface area contributed by atoms with E-state index in [0.29, 0.717) is 5.92 Å². The molecular formula is C17H25N3O. The topological polar surface area (TPSA) is 59.3 Å². The molecule has 1 aromatic rings. The fourth-order valence-electron chi connectivity index (χ4n) is 2.94. The largest absolute Gasteiger partial charge is 0.396 e. The Labute approximate surface area is 127 Å². The number of rotatable bonds is 7. The summed E-state index contributed by atoms with van der Waals surface area (Å²) in [5.41, 5.74) is 2.96. The van der Waals surface area contributed by atoms with Crippen LogP contribution in [0.3, 0.4) is 0 Å². The summed E-state index contributed by atoms with van der Waals surface area (Å²) in [4.78, 5) is 2.28. The molecule has 114 valence electrons. The molecule has 21 heavy (non-hydrogen) atoms. The first kappa shape index (κ1) is 15.8. The minimum Gasteiger partial charge on any atom is -0.396 e. The summed E-state index contributed by atoms with van der Waals surface area (Å²) in [5, 5.41) is 21.8. The number of hydrogen-bond donors (Lipinski definition) is 2. The Morgan fingerprint density at radius 3 is 3.05 bits per heavy atom. The summed E-state index contributed by atoms with van der Waals surface area (Å²) in [7, 11) is 0. The Morgan fingerprint density at radius 1 is 1.48 bits per heavy atom. The minimum atomic E-state index is 0.256. The van der Waals surface area contributed by atoms with E-state index in [4.69, 9.17) is 5.11 Å². The van der Waals surface area contributed by atoms with E-state index in [0.717, 1.165) is 62.3 Å². The molecule has 0 saturated carbocycles. The second-order valence-electron chi connectivity index (χ2n) is 5.75. The fourth-order valence-corrected chi connectivity index (χ4v) is 2.94. The van der Waals surface area contributed by atoms with Crippen LogP contribution in [0.5, 0.6) is 0 Å². The van der Waals surface area contributed by atoms with E-state index < -0.39 is 0 Å². The minimum absolute atomic E-state index is 0.256. The maximum atomic E-state index is 9.41. The van der Waals surface area contributed by atoms with E-state index in [1.807, 2.05) is 6.07 Å². The fraction of sp³-hybridized carbons (Fsp3) is 0.588. The molecular weight excluding hydrogens is 262 g/mol. The molecule has 4 nitrogen and oxygen atoms in total. The molecule has 2 N–H and O–H groups in total. The van der Waals surface area contributed by atoms with Gasteiger partial charge < -0.3 is 15.3 Å². The number of nitriles is 1. The summed E-state index contributed by atoms with van der Waals surface area (Å²) >= 11 is 0. The zero-order chi connectivity index (χ0) is 15.1. The maximum Gasteiger partial charge on any atom is 0.101 e. The number of aliphatic hydroxyl groups is 1. The van der Waals surface area contributed by atoms with Crippen molar-refractivity contribution in [3.05, 3.63) is 29.3 Å². The van der Waals surface area contributed by atoms with E-state index in [9.17, 15) is 5.26 Å². The molecule has 4 heteroatoms. The molecule has 1 fully saturated rings. The van der Waals surface area contributed by atoms with Gasteiger partial charge in [-0.05, 0) is 49.4 Å². The first-order valence-corrected chi connectivity index (χ1v) is 7.88. The highest BCUT2D eigenvalue weighted by atomic mass is 16.3. The predicted molar refractivity (Wildman–Crippen MR) is 85.2 cm³/mol. The van der Waals surface area contributed by atoms with E-state index in [-0.39, 0.29) is 6.61 Å². The van der Waals surface area contributed by atoms with Crippen molar-refractivity contribution in [1.29, 1.82) is 5.26 Å². The number of hydrogen-bond acceptors (Lipinski definition) is 4. The predicted octanol–water partition coefficient (Wildman–Crippen LogP) is 2.27. The van der Waals surface area contributed by atoms with Gasteiger partial charge in [0, 0.05) is 26.2 Å². The number of nitrogens with one attached hydrogen (secondary N) is 1. The van der Waals surface area contributed by atoms with Crippen LogP contribution in [0.15, 0.2) is 18.2 Å². The van der Waals surface area contributed by atoms with Gasteiger partial charge in [-0.3, -0.25) is 0 Å². The van der Waals surface area contributed by atoms with Crippen LogP contribution in [0.4, 0.5) is 5.69 Å². The summed E-state index contributed by atoms with van der Waals surface area (Å²) in [6, 6.07) is 8.51. The third-order valence-electron chi connectivity index (χ3n) is 4.10. The van der Waals surface area contributed by atoms with Crippen LogP contribution < -0.4 is 10.2 Å². The third-order valence-corrected chi connectivity index (χ3v) is 4.10. The van der Waals surface area contributed by atoms with Gasteiger partial charge in [0.25, 0.3) is 0 Å². The molecule has 1 saturated heterocycles. The van der Waals surface area contributed by atoms with E-state index >= 15 is 0 Å². The summed E-state index contributed by atoms with van der Waals surface area (Å²) in [5.74, 6) is 0.549. The van der Waals surface area contributed by atoms with Crippen LogP contribution in [0.25, 0.3) is 0 Å². The molecule has 0 aromatic heterocycles. The van der Waals surface area contributed by atoms with Gasteiger partial charge in [0.1, 0.15) is 6.07 Å². The smallest absolute Gasteiger partial charge is 0.101 e. The van der Waals surface area contributed by atoms with Gasteiger partial charge in [-0.1, -0.05) is 13.0 Å². The third kappa shape index (κ3) is 4.20. The molecule has 0 spiro atoms. The Bertz CT molecular complexity index is 495. The molecule has 1 aromatic carbocycles. The summed E-state index contributed by atoms with van der Waals surface area (Å²) in [6.45, 7) is 6.14.